The highest BCUT2D eigenvalue weighted by atomic mass is 35.5. The molecule has 4 N–H and O–H groups in total. The predicted octanol–water partition coefficient (Wildman–Crippen LogP) is 20.9. The van der Waals surface area contributed by atoms with Gasteiger partial charge in [-0.3, -0.25) is 30.1 Å². The van der Waals surface area contributed by atoms with Crippen molar-refractivity contribution in [1.29, 1.82) is 0 Å². The Bertz CT molecular complexity index is 6260. The number of anilines is 2. The maximum Gasteiger partial charge on any atom is 0.514 e. The number of nitrogen functional groups attached to an aromatic ring is 2. The molecule has 0 unspecified atom stereocenters. The van der Waals surface area contributed by atoms with Gasteiger partial charge in [-0.2, -0.15) is 9.97 Å². The van der Waals surface area contributed by atoms with E-state index in [-0.39, 0.29) is 106 Å². The van der Waals surface area contributed by atoms with Crippen LogP contribution in [-0.2, 0) is 32.0 Å². The van der Waals surface area contributed by atoms with Crippen LogP contribution in [0.2, 0.25) is 10.3 Å². The minimum absolute atomic E-state index is 0.0500. The molecule has 9 aromatic rings. The number of nitro groups is 1. The number of benzene rings is 1. The quantitative estimate of drug-likeness (QED) is 0.00732. The number of carbonyl (C=O) groups is 4. The lowest BCUT2D eigenvalue weighted by molar-refractivity contribution is -0.384. The molecule has 8 aromatic heterocycles. The molecule has 29 nitrogen and oxygen atoms in total. The molecular formula is C105H124Cl2N16O13. The van der Waals surface area contributed by atoms with Gasteiger partial charge in [0.25, 0.3) is 5.69 Å². The number of non-ortho nitro benzene ring substituents is 1. The fourth-order valence-electron chi connectivity index (χ4n) is 23.1. The highest BCUT2D eigenvalue weighted by molar-refractivity contribution is 6.35. The Kier molecular flexibility index (Phi) is 30.2. The number of hydrogen-bond acceptors (Lipinski definition) is 23. The van der Waals surface area contributed by atoms with Crippen LogP contribution in [0.1, 0.15) is 206 Å². The third-order valence-corrected chi connectivity index (χ3v) is 31.0. The van der Waals surface area contributed by atoms with Crippen molar-refractivity contribution in [1.82, 2.24) is 63.7 Å². The number of aryl methyl sites for hydroxylation is 2. The Labute approximate surface area is 805 Å². The standard InChI is InChI=1S/C49H59ClN8O5.C31H34N2O5.C25H31ClN6O3/c1-30-26-53-40(31(2)42(30)61-7)29-58-28-33(41-43(50)54-45(51)55-44(41)58)11-8-9-24-62-46(59)56(5)22-23-57(6)47(60)63-35-17-19-48(3)34(25-35)13-14-36-38-16-15-37(32-12-10-21-52-27-32)49(38,4)20-18-39(36)48;1-30-15-13-24(38-29(34)37-23-8-6-22(7-9-23)33(35)36)18-21(30)5-10-25-27-12-11-26(20-4-3-17-32-19-20)31(27,2)16-14-28(25)30;1-6-7-11-31(4)25(33)35-12-9-8-10-18-14-32(23-20(18)22(26)29-24(27)30-23)15-19-17(3)21(34-5)16(2)13-28-19/h10,12-13,15,21,26-28,35-36,38-39H,9,14,16-20,22-25,29H2,1-7H3,(H2,51,54,55);3-9,11,17,19,24-25,27-28H,10,12-16,18H2,1-2H3;13-14H,6-7,9,11-12,15H2,1-5H3,(H2,27,29,30)/t35-,36-,38-,39-,48-,49+;24-,25-,27-,28-,30-,31+;/m00./s1. The first-order valence-corrected chi connectivity index (χ1v) is 48.0. The average Bonchev–Trinajstić information content (AvgIpc) is 0.957. The van der Waals surface area contributed by atoms with Gasteiger partial charge in [0, 0.05) is 150 Å². The van der Waals surface area contributed by atoms with Gasteiger partial charge in [0.05, 0.1) is 65.5 Å². The number of nitro benzene ring substituents is 1. The summed E-state index contributed by atoms with van der Waals surface area (Å²) in [6, 6.07) is 14.0. The van der Waals surface area contributed by atoms with Crippen molar-refractivity contribution in [2.45, 2.75) is 203 Å². The molecule has 8 aliphatic carbocycles. The van der Waals surface area contributed by atoms with Gasteiger partial charge in [0.1, 0.15) is 64.3 Å². The van der Waals surface area contributed by atoms with Gasteiger partial charge in [0.2, 0.25) is 11.9 Å². The van der Waals surface area contributed by atoms with Crippen LogP contribution in [0, 0.1) is 119 Å². The van der Waals surface area contributed by atoms with Crippen molar-refractivity contribution in [2.75, 3.05) is 79.7 Å². The summed E-state index contributed by atoms with van der Waals surface area (Å²) in [6.45, 7) is 22.1. The van der Waals surface area contributed by atoms with Crippen molar-refractivity contribution in [3.05, 3.63) is 210 Å². The highest BCUT2D eigenvalue weighted by Crippen LogP contribution is 2.69. The molecule has 0 saturated heterocycles. The molecule has 17 rings (SSSR count). The first kappa shape index (κ1) is 97.9. The number of hydrogen-bond donors (Lipinski definition) is 2. The zero-order valence-corrected chi connectivity index (χ0v) is 81.8. The minimum Gasteiger partial charge on any atom is -0.496 e. The highest BCUT2D eigenvalue weighted by Gasteiger charge is 2.59. The minimum atomic E-state index is -0.755. The molecule has 8 heterocycles. The number of fused-ring (bicyclic) bond motifs is 12. The molecule has 136 heavy (non-hydrogen) atoms. The fraction of sp³-hybridized carbons (Fsp3) is 0.486. The summed E-state index contributed by atoms with van der Waals surface area (Å²) in [5.41, 5.74) is 28.6. The largest absolute Gasteiger partial charge is 0.514 e. The van der Waals surface area contributed by atoms with E-state index in [1.165, 1.54) is 93.2 Å². The van der Waals surface area contributed by atoms with E-state index in [4.69, 9.17) is 67.8 Å². The number of aromatic nitrogens is 10. The predicted molar refractivity (Wildman–Crippen MR) is 524 cm³/mol. The Balaban J connectivity index is 0.000000165. The number of rotatable bonds is 22. The van der Waals surface area contributed by atoms with E-state index in [1.54, 1.807) is 52.7 Å². The van der Waals surface area contributed by atoms with Gasteiger partial charge >= 0.3 is 24.4 Å². The molecule has 4 saturated carbocycles. The fourth-order valence-corrected chi connectivity index (χ4v) is 23.6. The number of nitrogens with two attached hydrogens (primary N) is 2. The molecule has 0 aliphatic heterocycles. The number of amides is 3. The van der Waals surface area contributed by atoms with Crippen molar-refractivity contribution in [2.24, 2.45) is 57.2 Å². The van der Waals surface area contributed by atoms with Crippen LogP contribution in [0.4, 0.5) is 36.8 Å². The number of likely N-dealkylation sites (N-methyl/N-ethyl adjacent to an activating group) is 2. The summed E-state index contributed by atoms with van der Waals surface area (Å²) in [4.78, 5) is 101. The van der Waals surface area contributed by atoms with Crippen molar-refractivity contribution in [3.63, 3.8) is 0 Å². The van der Waals surface area contributed by atoms with Gasteiger partial charge in [0.15, 0.2) is 0 Å². The van der Waals surface area contributed by atoms with Crippen LogP contribution < -0.4 is 25.7 Å². The van der Waals surface area contributed by atoms with Crippen LogP contribution in [0.25, 0.3) is 33.2 Å². The maximum absolute atomic E-state index is 13.3. The smallest absolute Gasteiger partial charge is 0.496 e. The lowest BCUT2D eigenvalue weighted by atomic mass is 9.47. The second kappa shape index (κ2) is 41.9. The lowest BCUT2D eigenvalue weighted by Gasteiger charge is -2.57. The maximum atomic E-state index is 13.3. The van der Waals surface area contributed by atoms with E-state index < -0.39 is 17.2 Å². The number of ether oxygens (including phenoxy) is 7. The van der Waals surface area contributed by atoms with Gasteiger partial charge in [-0.1, -0.05) is 136 Å². The summed E-state index contributed by atoms with van der Waals surface area (Å²) < 4.78 is 42.8. The molecule has 12 atom stereocenters. The number of carbonyl (C=O) groups excluding carboxylic acids is 4. The SMILES string of the molecule is CCCCN(C)C(=O)OCCC#Cc1cn(Cc2ncc(C)c(OC)c2C)c2nc(N)nc(Cl)c12.COc1c(C)cnc(Cn2cc(C#CCCOC(=O)N(C)CCN(C)C(=O)O[C@H]3CC[C@@]4(C)C(=CC[C@@H]5[C@@H]4CC[C@]4(C)C(c6cccnc6)=CC[C@@H]54)C3)c3c(Cl)nc(N)nc32)c1C.C[C@]12CC[C@H](OC(=O)Oc3ccc([N+](=O)[O-])cc3)CC1=CC[C@@H]1[C@@H]2CC[C@]2(C)C(c3cccnc3)=CC[C@@H]12. The van der Waals surface area contributed by atoms with E-state index in [0.717, 1.165) is 122 Å². The zero-order chi connectivity index (χ0) is 96.7. The molecule has 31 heteroatoms. The molecule has 0 radical (unpaired) electrons. The molecule has 1 aromatic carbocycles. The molecule has 4 fully saturated rings. The molecular weight excluding hydrogens is 1760 g/mol. The molecule has 716 valence electrons. The van der Waals surface area contributed by atoms with Crippen molar-refractivity contribution in [3.8, 4) is 40.9 Å². The third-order valence-electron chi connectivity index (χ3n) is 30.4. The summed E-state index contributed by atoms with van der Waals surface area (Å²) in [5, 5.41) is 12.4. The summed E-state index contributed by atoms with van der Waals surface area (Å²) in [6.07, 6.45) is 39.7. The number of pyridine rings is 4. The summed E-state index contributed by atoms with van der Waals surface area (Å²) >= 11 is 13.0. The van der Waals surface area contributed by atoms with E-state index in [1.807, 2.05) is 86.1 Å². The molecule has 8 aliphatic rings. The monoisotopic (exact) mass is 1890 g/mol. The van der Waals surface area contributed by atoms with Crippen LogP contribution in [0.15, 0.2) is 134 Å². The second-order valence-electron chi connectivity index (χ2n) is 38.5. The lowest BCUT2D eigenvalue weighted by Crippen LogP contribution is -2.50. The van der Waals surface area contributed by atoms with E-state index in [2.05, 4.69) is 135 Å². The van der Waals surface area contributed by atoms with Crippen LogP contribution in [0.5, 0.6) is 17.2 Å². The van der Waals surface area contributed by atoms with E-state index >= 15 is 0 Å². The third kappa shape index (κ3) is 20.6. The van der Waals surface area contributed by atoms with Crippen LogP contribution in [0.3, 0.4) is 0 Å². The Morgan fingerprint density at radius 3 is 1.43 bits per heavy atom. The van der Waals surface area contributed by atoms with Crippen LogP contribution >= 0.6 is 23.2 Å². The van der Waals surface area contributed by atoms with Gasteiger partial charge in [-0.25, -0.2) is 29.1 Å². The van der Waals surface area contributed by atoms with Crippen molar-refractivity contribution >= 4 is 98.4 Å². The number of halogens is 2. The molecule has 0 spiro atoms. The average molecular weight is 1890 g/mol. The molecule has 0 bridgehead atoms. The number of methoxy groups -OCH3 is 2. The van der Waals surface area contributed by atoms with Gasteiger partial charge in [-0.15, -0.1) is 0 Å². The summed E-state index contributed by atoms with van der Waals surface area (Å²) in [7, 11) is 8.37. The normalized spacial score (nSPS) is 23.6. The van der Waals surface area contributed by atoms with E-state index in [0.29, 0.717) is 101 Å². The topological polar surface area (TPSA) is 351 Å². The first-order chi connectivity index (χ1) is 65.2. The Morgan fingerprint density at radius 1 is 0.559 bits per heavy atom. The van der Waals surface area contributed by atoms with Gasteiger partial charge < -0.3 is 68.5 Å². The Morgan fingerprint density at radius 2 is 1.00 bits per heavy atom. The molecule has 3 amide bonds. The Hall–Kier alpha value is -12.6. The number of unbranched alkanes of at least 4 members (excludes halogenated alkanes) is 1. The zero-order valence-electron chi connectivity index (χ0n) is 80.3. The van der Waals surface area contributed by atoms with Crippen molar-refractivity contribution < 1.29 is 57.3 Å². The van der Waals surface area contributed by atoms with Crippen LogP contribution in [-0.4, -0.2) is 173 Å². The first-order valence-electron chi connectivity index (χ1n) is 47.3. The van der Waals surface area contributed by atoms with Gasteiger partial charge in [-0.05, 0) is 215 Å². The second-order valence-corrected chi connectivity index (χ2v) is 39.2. The number of nitrogens with zero attached hydrogens (tertiary/aromatic N) is 14. The van der Waals surface area contributed by atoms with E-state index in [9.17, 15) is 29.3 Å². The summed E-state index contributed by atoms with van der Waals surface area (Å²) in [5.74, 6) is 18.2. The number of allylic oxidation sites excluding steroid dienone is 6.